The summed E-state index contributed by atoms with van der Waals surface area (Å²) < 4.78 is 1.78. The summed E-state index contributed by atoms with van der Waals surface area (Å²) in [6.45, 7) is 3.31. The molecule has 0 unspecified atom stereocenters. The van der Waals surface area contributed by atoms with E-state index < -0.39 is 0 Å². The number of likely N-dealkylation sites (tertiary alicyclic amines) is 1. The largest absolute Gasteiger partial charge is 0.303 e. The Morgan fingerprint density at radius 1 is 1.07 bits per heavy atom. The smallest absolute Gasteiger partial charge is 0.206 e. The zero-order chi connectivity index (χ0) is 19.3. The van der Waals surface area contributed by atoms with Crippen molar-refractivity contribution < 1.29 is 4.79 Å². The number of allylic oxidation sites excluding steroid dienone is 2. The summed E-state index contributed by atoms with van der Waals surface area (Å²) in [4.78, 5) is 15.2. The minimum atomic E-state index is 0.00306. The average Bonchev–Trinajstić information content (AvgIpc) is 3.09. The first kappa shape index (κ1) is 18.6. The fourth-order valence-electron chi connectivity index (χ4n) is 4.00. The highest BCUT2D eigenvalue weighted by molar-refractivity contribution is 6.11. The normalized spacial score (nSPS) is 16.2. The van der Waals surface area contributed by atoms with Crippen molar-refractivity contribution in [2.45, 2.75) is 19.3 Å². The lowest BCUT2D eigenvalue weighted by Crippen LogP contribution is -2.34. The van der Waals surface area contributed by atoms with E-state index >= 15 is 0 Å². The molecule has 1 saturated heterocycles. The van der Waals surface area contributed by atoms with Gasteiger partial charge in [-0.15, -0.1) is 0 Å². The molecule has 1 fully saturated rings. The van der Waals surface area contributed by atoms with Gasteiger partial charge < -0.3 is 4.90 Å². The number of hydrogen-bond donors (Lipinski definition) is 0. The summed E-state index contributed by atoms with van der Waals surface area (Å²) >= 11 is 0. The standard InChI is InChI=1S/C24H27N3O/c1-26-22-10-6-5-9-21(22)24(25-26)23(28)12-11-20-14-17-27(18-15-20)16-13-19-7-3-2-4-8-19/h2-12,20H,13-18H2,1H3/b12-11+. The molecule has 4 nitrogen and oxygen atoms in total. The van der Waals surface area contributed by atoms with Gasteiger partial charge in [0.25, 0.3) is 0 Å². The van der Waals surface area contributed by atoms with Crippen LogP contribution >= 0.6 is 0 Å². The van der Waals surface area contributed by atoms with Gasteiger partial charge in [0.2, 0.25) is 5.78 Å². The number of hydrogen-bond acceptors (Lipinski definition) is 3. The van der Waals surface area contributed by atoms with Crippen molar-refractivity contribution in [3.05, 3.63) is 78.0 Å². The second kappa shape index (κ2) is 8.53. The highest BCUT2D eigenvalue weighted by atomic mass is 16.1. The second-order valence-electron chi connectivity index (χ2n) is 7.63. The van der Waals surface area contributed by atoms with E-state index in [2.05, 4.69) is 46.4 Å². The van der Waals surface area contributed by atoms with Crippen LogP contribution in [0.1, 0.15) is 28.9 Å². The third-order valence-corrected chi connectivity index (χ3v) is 5.70. The summed E-state index contributed by atoms with van der Waals surface area (Å²) in [5.74, 6) is 0.482. The van der Waals surface area contributed by atoms with Crippen LogP contribution in [-0.2, 0) is 13.5 Å². The molecule has 0 atom stereocenters. The van der Waals surface area contributed by atoms with Crippen LogP contribution in [0, 0.1) is 5.92 Å². The van der Waals surface area contributed by atoms with Crippen molar-refractivity contribution in [3.63, 3.8) is 0 Å². The summed E-state index contributed by atoms with van der Waals surface area (Å²) in [6.07, 6.45) is 7.16. The van der Waals surface area contributed by atoms with E-state index in [-0.39, 0.29) is 5.78 Å². The lowest BCUT2D eigenvalue weighted by molar-refractivity contribution is 0.104. The summed E-state index contributed by atoms with van der Waals surface area (Å²) in [5, 5.41) is 5.35. The zero-order valence-electron chi connectivity index (χ0n) is 16.4. The highest BCUT2D eigenvalue weighted by Crippen LogP contribution is 2.21. The quantitative estimate of drug-likeness (QED) is 0.478. The molecular weight excluding hydrogens is 346 g/mol. The SMILES string of the molecule is Cn1nc(C(=O)/C=C/C2CCN(CCc3ccccc3)CC2)c2ccccc21. The molecule has 0 aliphatic carbocycles. The molecule has 2 aromatic carbocycles. The molecule has 0 saturated carbocycles. The van der Waals surface area contributed by atoms with Crippen LogP contribution in [0.2, 0.25) is 0 Å². The molecule has 0 radical (unpaired) electrons. The molecule has 1 aromatic heterocycles. The van der Waals surface area contributed by atoms with E-state index in [1.807, 2.05) is 31.3 Å². The first-order valence-electron chi connectivity index (χ1n) is 10.1. The number of fused-ring (bicyclic) bond motifs is 1. The van der Waals surface area contributed by atoms with Gasteiger partial charge in [0, 0.05) is 19.0 Å². The molecule has 3 aromatic rings. The summed E-state index contributed by atoms with van der Waals surface area (Å²) in [6, 6.07) is 18.6. The van der Waals surface area contributed by atoms with Crippen molar-refractivity contribution in [1.29, 1.82) is 0 Å². The van der Waals surface area contributed by atoms with Crippen LogP contribution in [0.5, 0.6) is 0 Å². The van der Waals surface area contributed by atoms with Gasteiger partial charge in [-0.25, -0.2) is 0 Å². The molecule has 4 heteroatoms. The van der Waals surface area contributed by atoms with E-state index in [0.29, 0.717) is 11.6 Å². The Morgan fingerprint density at radius 3 is 2.57 bits per heavy atom. The molecule has 2 heterocycles. The van der Waals surface area contributed by atoms with Crippen molar-refractivity contribution >= 4 is 16.7 Å². The Bertz CT molecular complexity index is 966. The maximum atomic E-state index is 12.7. The Labute approximate surface area is 166 Å². The molecule has 28 heavy (non-hydrogen) atoms. The van der Waals surface area contributed by atoms with Crippen LogP contribution in [0.25, 0.3) is 10.9 Å². The van der Waals surface area contributed by atoms with Gasteiger partial charge in [-0.1, -0.05) is 54.6 Å². The molecule has 144 valence electrons. The molecule has 0 spiro atoms. The van der Waals surface area contributed by atoms with E-state index in [1.54, 1.807) is 10.8 Å². The fraction of sp³-hybridized carbons (Fsp3) is 0.333. The van der Waals surface area contributed by atoms with Gasteiger partial charge in [-0.3, -0.25) is 9.48 Å². The minimum Gasteiger partial charge on any atom is -0.303 e. The van der Waals surface area contributed by atoms with E-state index in [9.17, 15) is 4.79 Å². The number of carbonyl (C=O) groups is 1. The van der Waals surface area contributed by atoms with Crippen molar-refractivity contribution in [3.8, 4) is 0 Å². The van der Waals surface area contributed by atoms with Gasteiger partial charge in [0.1, 0.15) is 5.69 Å². The van der Waals surface area contributed by atoms with Crippen molar-refractivity contribution in [1.82, 2.24) is 14.7 Å². The molecule has 0 bridgehead atoms. The monoisotopic (exact) mass is 373 g/mol. The zero-order valence-corrected chi connectivity index (χ0v) is 16.4. The fourth-order valence-corrected chi connectivity index (χ4v) is 4.00. The third kappa shape index (κ3) is 4.23. The van der Waals surface area contributed by atoms with E-state index in [1.165, 1.54) is 5.56 Å². The van der Waals surface area contributed by atoms with Crippen molar-refractivity contribution in [2.24, 2.45) is 13.0 Å². The van der Waals surface area contributed by atoms with Crippen LogP contribution in [0.15, 0.2) is 66.7 Å². The molecule has 4 rings (SSSR count). The Morgan fingerprint density at radius 2 is 1.79 bits per heavy atom. The molecule has 1 aliphatic rings. The molecule has 1 aliphatic heterocycles. The predicted molar refractivity (Wildman–Crippen MR) is 113 cm³/mol. The topological polar surface area (TPSA) is 38.1 Å². The van der Waals surface area contributed by atoms with Gasteiger partial charge >= 0.3 is 0 Å². The van der Waals surface area contributed by atoms with Crippen LogP contribution in [0.3, 0.4) is 0 Å². The van der Waals surface area contributed by atoms with Crippen molar-refractivity contribution in [2.75, 3.05) is 19.6 Å². The number of para-hydroxylation sites is 1. The summed E-state index contributed by atoms with van der Waals surface area (Å²) in [5.41, 5.74) is 2.94. The van der Waals surface area contributed by atoms with Crippen LogP contribution in [0.4, 0.5) is 0 Å². The van der Waals surface area contributed by atoms with E-state index in [0.717, 1.165) is 49.8 Å². The number of piperidine rings is 1. The highest BCUT2D eigenvalue weighted by Gasteiger charge is 2.18. The molecule has 0 N–H and O–H groups in total. The minimum absolute atomic E-state index is 0.00306. The number of rotatable bonds is 6. The van der Waals surface area contributed by atoms with E-state index in [4.69, 9.17) is 0 Å². The number of ketones is 1. The van der Waals surface area contributed by atoms with Gasteiger partial charge in [-0.05, 0) is 56.0 Å². The average molecular weight is 374 g/mol. The number of nitrogens with zero attached hydrogens (tertiary/aromatic N) is 3. The van der Waals surface area contributed by atoms with Gasteiger partial charge in [-0.2, -0.15) is 5.10 Å². The Hall–Kier alpha value is -2.72. The Balaban J connectivity index is 1.30. The molecule has 0 amide bonds. The van der Waals surface area contributed by atoms with Crippen LogP contribution in [-0.4, -0.2) is 40.1 Å². The first-order chi connectivity index (χ1) is 13.7. The lowest BCUT2D eigenvalue weighted by Gasteiger charge is -2.30. The Kier molecular flexibility index (Phi) is 5.68. The lowest BCUT2D eigenvalue weighted by atomic mass is 9.95. The summed E-state index contributed by atoms with van der Waals surface area (Å²) in [7, 11) is 1.88. The number of carbonyl (C=O) groups excluding carboxylic acids is 1. The number of aromatic nitrogens is 2. The molecular formula is C24H27N3O. The van der Waals surface area contributed by atoms with Crippen LogP contribution < -0.4 is 0 Å². The second-order valence-corrected chi connectivity index (χ2v) is 7.63. The third-order valence-electron chi connectivity index (χ3n) is 5.70. The predicted octanol–water partition coefficient (Wildman–Crippen LogP) is 4.27. The first-order valence-corrected chi connectivity index (χ1v) is 10.1. The number of aryl methyl sites for hydroxylation is 1. The number of benzene rings is 2. The van der Waals surface area contributed by atoms with Gasteiger partial charge in [0.15, 0.2) is 0 Å². The van der Waals surface area contributed by atoms with Gasteiger partial charge in [0.05, 0.1) is 5.52 Å². The maximum Gasteiger partial charge on any atom is 0.206 e. The maximum absolute atomic E-state index is 12.7.